The predicted octanol–water partition coefficient (Wildman–Crippen LogP) is 8.86. The van der Waals surface area contributed by atoms with Crippen molar-refractivity contribution in [1.82, 2.24) is 4.98 Å². The van der Waals surface area contributed by atoms with Gasteiger partial charge < -0.3 is 10.1 Å². The van der Waals surface area contributed by atoms with Crippen LogP contribution < -0.4 is 5.32 Å². The largest absolute Gasteiger partial charge is 0.376 e. The van der Waals surface area contributed by atoms with Crippen LogP contribution in [0.5, 0.6) is 0 Å². The summed E-state index contributed by atoms with van der Waals surface area (Å²) in [5.74, 6) is 0.748. The highest BCUT2D eigenvalue weighted by molar-refractivity contribution is 5.95. The van der Waals surface area contributed by atoms with E-state index in [1.807, 2.05) is 13.0 Å². The van der Waals surface area contributed by atoms with Crippen LogP contribution in [0.4, 0.5) is 11.5 Å². The molecule has 40 heavy (non-hydrogen) atoms. The molecular weight excluding hydrogens is 490 g/mol. The smallest absolute Gasteiger partial charge is 0.154 e. The number of benzene rings is 4. The van der Waals surface area contributed by atoms with Crippen molar-refractivity contribution in [3.05, 3.63) is 138 Å². The van der Waals surface area contributed by atoms with Crippen LogP contribution in [0.25, 0.3) is 10.9 Å². The number of pyridine rings is 1. The van der Waals surface area contributed by atoms with Gasteiger partial charge >= 0.3 is 0 Å². The standard InChI is InChI=1S/C36H37N3O/c1-4-17-31(26-40-5-2)37-34-27(3)32-24-15-16-25-33(32)38-35(34)39-36(28-18-9-6-10-19-28,29-20-11-7-12-21-29)30-22-13-8-14-23-30/h6-16,18-25H,4-5,17,26H2,1-3H3,(H,38,39). The van der Waals surface area contributed by atoms with Gasteiger partial charge in [0.05, 0.1) is 12.1 Å². The maximum Gasteiger partial charge on any atom is 0.154 e. The zero-order chi connectivity index (χ0) is 27.8. The molecule has 5 aromatic rings. The van der Waals surface area contributed by atoms with Crippen molar-refractivity contribution in [3.8, 4) is 0 Å². The van der Waals surface area contributed by atoms with Crippen molar-refractivity contribution >= 4 is 28.1 Å². The fourth-order valence-electron chi connectivity index (χ4n) is 5.38. The number of hydrogen-bond donors (Lipinski definition) is 1. The summed E-state index contributed by atoms with van der Waals surface area (Å²) in [6.45, 7) is 7.51. The molecule has 5 rings (SSSR count). The van der Waals surface area contributed by atoms with Gasteiger partial charge in [0.1, 0.15) is 11.2 Å². The third-order valence-corrected chi connectivity index (χ3v) is 7.33. The van der Waals surface area contributed by atoms with Crippen molar-refractivity contribution in [3.63, 3.8) is 0 Å². The topological polar surface area (TPSA) is 46.5 Å². The number of nitrogens with zero attached hydrogens (tertiary/aromatic N) is 2. The van der Waals surface area contributed by atoms with E-state index in [4.69, 9.17) is 14.7 Å². The molecule has 0 spiro atoms. The first-order chi connectivity index (χ1) is 19.7. The number of fused-ring (bicyclic) bond motifs is 1. The van der Waals surface area contributed by atoms with Gasteiger partial charge in [0.2, 0.25) is 0 Å². The van der Waals surface area contributed by atoms with Gasteiger partial charge in [-0.2, -0.15) is 0 Å². The highest BCUT2D eigenvalue weighted by atomic mass is 16.5. The number of aliphatic imine (C=N–C) groups is 1. The SMILES string of the molecule is CCCC(COCC)=Nc1c(NC(c2ccccc2)(c2ccccc2)c2ccccc2)nc2ccccc2c1C. The summed E-state index contributed by atoms with van der Waals surface area (Å²) >= 11 is 0. The van der Waals surface area contributed by atoms with Crippen LogP contribution in [0.15, 0.2) is 120 Å². The molecule has 0 amide bonds. The molecule has 1 heterocycles. The summed E-state index contributed by atoms with van der Waals surface area (Å²) in [7, 11) is 0. The fourth-order valence-corrected chi connectivity index (χ4v) is 5.38. The second-order valence-corrected chi connectivity index (χ2v) is 9.99. The molecule has 0 saturated carbocycles. The monoisotopic (exact) mass is 527 g/mol. The van der Waals surface area contributed by atoms with Crippen LogP contribution in [0, 0.1) is 6.92 Å². The van der Waals surface area contributed by atoms with Gasteiger partial charge in [0, 0.05) is 17.7 Å². The van der Waals surface area contributed by atoms with Gasteiger partial charge in [-0.1, -0.05) is 123 Å². The average molecular weight is 528 g/mol. The van der Waals surface area contributed by atoms with Crippen LogP contribution in [0.3, 0.4) is 0 Å². The van der Waals surface area contributed by atoms with Crippen LogP contribution >= 0.6 is 0 Å². The zero-order valence-corrected chi connectivity index (χ0v) is 23.6. The Morgan fingerprint density at radius 2 is 1.27 bits per heavy atom. The van der Waals surface area contributed by atoms with Gasteiger partial charge in [-0.25, -0.2) is 4.98 Å². The average Bonchev–Trinajstić information content (AvgIpc) is 3.01. The van der Waals surface area contributed by atoms with E-state index in [0.29, 0.717) is 13.2 Å². The van der Waals surface area contributed by atoms with Gasteiger partial charge in [-0.3, -0.25) is 4.99 Å². The Morgan fingerprint density at radius 3 is 1.80 bits per heavy atom. The molecule has 0 fully saturated rings. The van der Waals surface area contributed by atoms with Crippen LogP contribution in [0.2, 0.25) is 0 Å². The number of aromatic nitrogens is 1. The normalized spacial score (nSPS) is 12.0. The Hall–Kier alpha value is -4.28. The Kier molecular flexibility index (Phi) is 8.68. The number of aryl methyl sites for hydroxylation is 1. The summed E-state index contributed by atoms with van der Waals surface area (Å²) in [6, 6.07) is 40.1. The second kappa shape index (κ2) is 12.7. The lowest BCUT2D eigenvalue weighted by atomic mass is 9.77. The molecule has 0 saturated heterocycles. The molecule has 0 bridgehead atoms. The van der Waals surface area contributed by atoms with Gasteiger partial charge in [-0.05, 0) is 48.6 Å². The number of anilines is 1. The molecule has 1 aromatic heterocycles. The summed E-state index contributed by atoms with van der Waals surface area (Å²) < 4.78 is 5.82. The van der Waals surface area contributed by atoms with Gasteiger partial charge in [-0.15, -0.1) is 0 Å². The second-order valence-electron chi connectivity index (χ2n) is 9.99. The van der Waals surface area contributed by atoms with Crippen molar-refractivity contribution < 1.29 is 4.74 Å². The lowest BCUT2D eigenvalue weighted by Gasteiger charge is -2.38. The van der Waals surface area contributed by atoms with Crippen LogP contribution in [-0.4, -0.2) is 23.9 Å². The summed E-state index contributed by atoms with van der Waals surface area (Å²) in [5.41, 5.74) is 6.58. The third-order valence-electron chi connectivity index (χ3n) is 7.33. The molecule has 0 atom stereocenters. The molecule has 0 aliphatic heterocycles. The third kappa shape index (κ3) is 5.54. The van der Waals surface area contributed by atoms with E-state index in [1.54, 1.807) is 0 Å². The maximum absolute atomic E-state index is 5.82. The number of para-hydroxylation sites is 1. The minimum absolute atomic E-state index is 0.511. The van der Waals surface area contributed by atoms with E-state index in [2.05, 4.69) is 128 Å². The summed E-state index contributed by atoms with van der Waals surface area (Å²) in [4.78, 5) is 10.5. The van der Waals surface area contributed by atoms with E-state index >= 15 is 0 Å². The summed E-state index contributed by atoms with van der Waals surface area (Å²) in [5, 5.41) is 5.09. The van der Waals surface area contributed by atoms with E-state index in [-0.39, 0.29) is 0 Å². The molecule has 0 unspecified atom stereocenters. The first-order valence-corrected chi connectivity index (χ1v) is 14.2. The number of ether oxygens (including phenoxy) is 1. The lowest BCUT2D eigenvalue weighted by molar-refractivity contribution is 0.186. The van der Waals surface area contributed by atoms with E-state index in [9.17, 15) is 0 Å². The Labute approximate surface area is 237 Å². The summed E-state index contributed by atoms with van der Waals surface area (Å²) in [6.07, 6.45) is 1.86. The molecule has 0 radical (unpaired) electrons. The van der Waals surface area contributed by atoms with E-state index in [0.717, 1.165) is 63.2 Å². The molecule has 0 aliphatic rings. The van der Waals surface area contributed by atoms with Gasteiger partial charge in [0.25, 0.3) is 0 Å². The van der Waals surface area contributed by atoms with Crippen LogP contribution in [0.1, 0.15) is 48.9 Å². The minimum Gasteiger partial charge on any atom is -0.376 e. The predicted molar refractivity (Wildman–Crippen MR) is 168 cm³/mol. The molecule has 0 aliphatic carbocycles. The van der Waals surface area contributed by atoms with Crippen molar-refractivity contribution in [2.75, 3.05) is 18.5 Å². The number of nitrogens with one attached hydrogen (secondary N) is 1. The van der Waals surface area contributed by atoms with Gasteiger partial charge in [0.15, 0.2) is 5.82 Å². The molecule has 4 nitrogen and oxygen atoms in total. The van der Waals surface area contributed by atoms with Crippen LogP contribution in [-0.2, 0) is 10.3 Å². The highest BCUT2D eigenvalue weighted by Gasteiger charge is 2.37. The van der Waals surface area contributed by atoms with E-state index in [1.165, 1.54) is 0 Å². The zero-order valence-electron chi connectivity index (χ0n) is 23.6. The Morgan fingerprint density at radius 1 is 0.750 bits per heavy atom. The van der Waals surface area contributed by atoms with Crippen molar-refractivity contribution in [2.24, 2.45) is 4.99 Å². The highest BCUT2D eigenvalue weighted by Crippen LogP contribution is 2.43. The Balaban J connectivity index is 1.81. The lowest BCUT2D eigenvalue weighted by Crippen LogP contribution is -2.38. The maximum atomic E-state index is 5.82. The van der Waals surface area contributed by atoms with Crippen molar-refractivity contribution in [2.45, 2.75) is 39.2 Å². The minimum atomic E-state index is -0.708. The Bertz CT molecular complexity index is 1470. The molecule has 4 heteroatoms. The molecular formula is C36H37N3O. The fraction of sp³-hybridized carbons (Fsp3) is 0.222. The number of hydrogen-bond acceptors (Lipinski definition) is 4. The molecule has 202 valence electrons. The first-order valence-electron chi connectivity index (χ1n) is 14.2. The van der Waals surface area contributed by atoms with E-state index < -0.39 is 5.54 Å². The quantitative estimate of drug-likeness (QED) is 0.138. The van der Waals surface area contributed by atoms with Crippen molar-refractivity contribution in [1.29, 1.82) is 0 Å². The molecule has 4 aromatic carbocycles. The molecule has 1 N–H and O–H groups in total. The number of rotatable bonds is 11. The first kappa shape index (κ1) is 27.3.